The van der Waals surface area contributed by atoms with E-state index < -0.39 is 0 Å². The fourth-order valence-electron chi connectivity index (χ4n) is 0.753. The summed E-state index contributed by atoms with van der Waals surface area (Å²) >= 11 is 0. The van der Waals surface area contributed by atoms with Gasteiger partial charge in [0.05, 0.1) is 12.4 Å². The van der Waals surface area contributed by atoms with Crippen LogP contribution in [0.2, 0.25) is 0 Å². The first kappa shape index (κ1) is 7.78. The molecule has 0 aliphatic rings. The smallest absolute Gasteiger partial charge is 0.146 e. The molecule has 1 aromatic rings. The van der Waals surface area contributed by atoms with Crippen LogP contribution in [0.5, 0.6) is 0 Å². The van der Waals surface area contributed by atoms with Gasteiger partial charge in [0.2, 0.25) is 0 Å². The molecule has 0 saturated heterocycles. The molecule has 1 heterocycles. The average Bonchev–Trinajstić information content (AvgIpc) is 2.06. The van der Waals surface area contributed by atoms with E-state index in [-0.39, 0.29) is 0 Å². The minimum atomic E-state index is 0.781. The van der Waals surface area contributed by atoms with Crippen molar-refractivity contribution >= 4 is 11.6 Å². The van der Waals surface area contributed by atoms with Crippen molar-refractivity contribution in [1.29, 1.82) is 0 Å². The molecular formula is C7H12N4. The van der Waals surface area contributed by atoms with Crippen LogP contribution in [-0.2, 0) is 0 Å². The van der Waals surface area contributed by atoms with Gasteiger partial charge in [0.1, 0.15) is 11.6 Å². The molecule has 11 heavy (non-hydrogen) atoms. The van der Waals surface area contributed by atoms with Crippen LogP contribution in [0.3, 0.4) is 0 Å². The van der Waals surface area contributed by atoms with Crippen LogP contribution >= 0.6 is 0 Å². The third-order valence-corrected chi connectivity index (χ3v) is 1.25. The van der Waals surface area contributed by atoms with E-state index in [1.54, 1.807) is 12.4 Å². The Labute approximate surface area is 66.1 Å². The quantitative estimate of drug-likeness (QED) is 0.677. The summed E-state index contributed by atoms with van der Waals surface area (Å²) in [6.07, 6.45) is 3.38. The standard InChI is InChI=1S/C7H12N4/c1-3-10-7-5-9-4-6(8-2)11-7/h4-5H,3H2,1-2H3,(H2,8,10,11). The maximum Gasteiger partial charge on any atom is 0.146 e. The van der Waals surface area contributed by atoms with Gasteiger partial charge in [-0.1, -0.05) is 0 Å². The summed E-state index contributed by atoms with van der Waals surface area (Å²) in [5, 5.41) is 5.98. The molecule has 0 atom stereocenters. The second-order valence-electron chi connectivity index (χ2n) is 2.07. The number of nitrogens with zero attached hydrogens (tertiary/aromatic N) is 2. The zero-order valence-corrected chi connectivity index (χ0v) is 6.76. The molecule has 0 unspecified atom stereocenters. The lowest BCUT2D eigenvalue weighted by molar-refractivity contribution is 1.12. The minimum Gasteiger partial charge on any atom is -0.372 e. The highest BCUT2D eigenvalue weighted by molar-refractivity contribution is 5.40. The topological polar surface area (TPSA) is 49.8 Å². The van der Waals surface area contributed by atoms with E-state index in [1.807, 2.05) is 14.0 Å². The lowest BCUT2D eigenvalue weighted by Crippen LogP contribution is -2.01. The first-order valence-electron chi connectivity index (χ1n) is 3.60. The Balaban J connectivity index is 2.74. The number of hydrogen-bond acceptors (Lipinski definition) is 4. The van der Waals surface area contributed by atoms with Crippen molar-refractivity contribution < 1.29 is 0 Å². The van der Waals surface area contributed by atoms with E-state index in [0.717, 1.165) is 18.2 Å². The molecule has 0 aliphatic carbocycles. The Bertz CT molecular complexity index is 223. The molecule has 0 aliphatic heterocycles. The second kappa shape index (κ2) is 3.75. The van der Waals surface area contributed by atoms with Gasteiger partial charge in [0, 0.05) is 13.6 Å². The molecule has 2 N–H and O–H groups in total. The van der Waals surface area contributed by atoms with Crippen LogP contribution in [0, 0.1) is 0 Å². The van der Waals surface area contributed by atoms with Crippen LogP contribution in [0.1, 0.15) is 6.92 Å². The van der Waals surface area contributed by atoms with Gasteiger partial charge in [-0.25, -0.2) is 4.98 Å². The van der Waals surface area contributed by atoms with Gasteiger partial charge in [-0.15, -0.1) is 0 Å². The van der Waals surface area contributed by atoms with Gasteiger partial charge >= 0.3 is 0 Å². The van der Waals surface area contributed by atoms with E-state index in [9.17, 15) is 0 Å². The van der Waals surface area contributed by atoms with E-state index in [2.05, 4.69) is 20.6 Å². The van der Waals surface area contributed by atoms with Gasteiger partial charge in [-0.3, -0.25) is 4.98 Å². The van der Waals surface area contributed by atoms with Crippen LogP contribution in [0.4, 0.5) is 11.6 Å². The van der Waals surface area contributed by atoms with Crippen LogP contribution < -0.4 is 10.6 Å². The van der Waals surface area contributed by atoms with Gasteiger partial charge in [-0.2, -0.15) is 0 Å². The number of nitrogens with one attached hydrogen (secondary N) is 2. The highest BCUT2D eigenvalue weighted by atomic mass is 15.1. The SMILES string of the molecule is CCNc1cncc(NC)n1. The molecule has 1 rings (SSSR count). The van der Waals surface area contributed by atoms with Crippen molar-refractivity contribution in [3.8, 4) is 0 Å². The minimum absolute atomic E-state index is 0.781. The van der Waals surface area contributed by atoms with Gasteiger partial charge in [0.25, 0.3) is 0 Å². The van der Waals surface area contributed by atoms with Crippen LogP contribution in [-0.4, -0.2) is 23.6 Å². The van der Waals surface area contributed by atoms with Crippen molar-refractivity contribution in [3.63, 3.8) is 0 Å². The molecule has 0 aromatic carbocycles. The summed E-state index contributed by atoms with van der Waals surface area (Å²) in [4.78, 5) is 8.18. The van der Waals surface area contributed by atoms with Crippen LogP contribution in [0.25, 0.3) is 0 Å². The molecule has 0 spiro atoms. The Morgan fingerprint density at radius 2 is 2.09 bits per heavy atom. The van der Waals surface area contributed by atoms with Crippen LogP contribution in [0.15, 0.2) is 12.4 Å². The van der Waals surface area contributed by atoms with Crippen molar-refractivity contribution in [3.05, 3.63) is 12.4 Å². The number of aromatic nitrogens is 2. The third-order valence-electron chi connectivity index (χ3n) is 1.25. The average molecular weight is 152 g/mol. The highest BCUT2D eigenvalue weighted by Gasteiger charge is 1.92. The highest BCUT2D eigenvalue weighted by Crippen LogP contribution is 2.04. The van der Waals surface area contributed by atoms with E-state index >= 15 is 0 Å². The van der Waals surface area contributed by atoms with Crippen molar-refractivity contribution in [2.75, 3.05) is 24.2 Å². The zero-order valence-electron chi connectivity index (χ0n) is 6.76. The lowest BCUT2D eigenvalue weighted by Gasteiger charge is -2.02. The summed E-state index contributed by atoms with van der Waals surface area (Å²) < 4.78 is 0. The Hall–Kier alpha value is -1.32. The zero-order chi connectivity index (χ0) is 8.10. The molecule has 4 heteroatoms. The molecular weight excluding hydrogens is 140 g/mol. The van der Waals surface area contributed by atoms with Crippen molar-refractivity contribution in [2.24, 2.45) is 0 Å². The molecule has 0 radical (unpaired) electrons. The molecule has 0 saturated carbocycles. The Morgan fingerprint density at radius 1 is 1.36 bits per heavy atom. The van der Waals surface area contributed by atoms with Crippen molar-refractivity contribution in [1.82, 2.24) is 9.97 Å². The summed E-state index contributed by atoms with van der Waals surface area (Å²) in [6.45, 7) is 2.88. The van der Waals surface area contributed by atoms with Gasteiger partial charge < -0.3 is 10.6 Å². The van der Waals surface area contributed by atoms with E-state index in [4.69, 9.17) is 0 Å². The number of hydrogen-bond donors (Lipinski definition) is 2. The summed E-state index contributed by atoms with van der Waals surface area (Å²) in [7, 11) is 1.82. The molecule has 60 valence electrons. The first-order chi connectivity index (χ1) is 5.36. The van der Waals surface area contributed by atoms with Gasteiger partial charge in [0.15, 0.2) is 0 Å². The molecule has 0 amide bonds. The molecule has 1 aromatic heterocycles. The maximum absolute atomic E-state index is 4.20. The maximum atomic E-state index is 4.20. The Morgan fingerprint density at radius 3 is 2.73 bits per heavy atom. The predicted octanol–water partition coefficient (Wildman–Crippen LogP) is 0.950. The molecule has 0 bridgehead atoms. The van der Waals surface area contributed by atoms with Crippen molar-refractivity contribution in [2.45, 2.75) is 6.92 Å². The second-order valence-corrected chi connectivity index (χ2v) is 2.07. The van der Waals surface area contributed by atoms with E-state index in [1.165, 1.54) is 0 Å². The first-order valence-corrected chi connectivity index (χ1v) is 3.60. The van der Waals surface area contributed by atoms with E-state index in [0.29, 0.717) is 0 Å². The Kier molecular flexibility index (Phi) is 2.66. The summed E-state index contributed by atoms with van der Waals surface area (Å²) in [6, 6.07) is 0. The largest absolute Gasteiger partial charge is 0.372 e. The predicted molar refractivity (Wildman–Crippen MR) is 45.7 cm³/mol. The fourth-order valence-corrected chi connectivity index (χ4v) is 0.753. The summed E-state index contributed by atoms with van der Waals surface area (Å²) in [5.41, 5.74) is 0. The third kappa shape index (κ3) is 2.07. The molecule has 0 fully saturated rings. The number of rotatable bonds is 3. The number of anilines is 2. The normalized spacial score (nSPS) is 9.27. The lowest BCUT2D eigenvalue weighted by atomic mass is 10.6. The molecule has 4 nitrogen and oxygen atoms in total. The summed E-state index contributed by atoms with van der Waals surface area (Å²) in [5.74, 6) is 1.59. The monoisotopic (exact) mass is 152 g/mol. The fraction of sp³-hybridized carbons (Fsp3) is 0.429. The van der Waals surface area contributed by atoms with Gasteiger partial charge in [-0.05, 0) is 6.92 Å².